The van der Waals surface area contributed by atoms with E-state index in [2.05, 4.69) is 33.7 Å². The molecule has 0 spiro atoms. The van der Waals surface area contributed by atoms with E-state index in [0.717, 1.165) is 47.7 Å². The number of pyridine rings is 1. The predicted octanol–water partition coefficient (Wildman–Crippen LogP) is 3.91. The molecule has 3 heterocycles. The van der Waals surface area contributed by atoms with Crippen LogP contribution in [0.4, 0.5) is 11.6 Å². The third kappa shape index (κ3) is 5.22. The topological polar surface area (TPSA) is 152 Å². The number of aldehydes is 1. The molecule has 0 saturated heterocycles. The van der Waals surface area contributed by atoms with Crippen LogP contribution in [-0.4, -0.2) is 55.0 Å². The minimum atomic E-state index is -3.63. The molecular weight excluding hydrogens is 506 g/mol. The third-order valence-electron chi connectivity index (χ3n) is 7.09. The molecule has 0 fully saturated rings. The zero-order chi connectivity index (χ0) is 27.1. The van der Waals surface area contributed by atoms with Crippen LogP contribution in [0.3, 0.4) is 0 Å². The van der Waals surface area contributed by atoms with Crippen LogP contribution in [0.2, 0.25) is 0 Å². The maximum absolute atomic E-state index is 11.6. The second kappa shape index (κ2) is 9.97. The van der Waals surface area contributed by atoms with Gasteiger partial charge < -0.3 is 15.4 Å². The van der Waals surface area contributed by atoms with E-state index in [0.29, 0.717) is 25.3 Å². The Morgan fingerprint density at radius 3 is 2.82 bits per heavy atom. The molecule has 2 aliphatic rings. The van der Waals surface area contributed by atoms with Gasteiger partial charge in [-0.05, 0) is 48.4 Å². The van der Waals surface area contributed by atoms with Gasteiger partial charge in [0.15, 0.2) is 6.29 Å². The van der Waals surface area contributed by atoms with E-state index in [-0.39, 0.29) is 22.4 Å². The van der Waals surface area contributed by atoms with E-state index < -0.39 is 22.1 Å². The molecule has 0 amide bonds. The third-order valence-corrected chi connectivity index (χ3v) is 8.81. The first kappa shape index (κ1) is 26.1. The summed E-state index contributed by atoms with van der Waals surface area (Å²) >= 11 is 0. The highest BCUT2D eigenvalue weighted by Crippen LogP contribution is 2.51. The fourth-order valence-electron chi connectivity index (χ4n) is 5.07. The van der Waals surface area contributed by atoms with Crippen LogP contribution in [-0.2, 0) is 29.0 Å². The Morgan fingerprint density at radius 1 is 1.21 bits per heavy atom. The predicted molar refractivity (Wildman–Crippen MR) is 146 cm³/mol. The van der Waals surface area contributed by atoms with E-state index >= 15 is 0 Å². The van der Waals surface area contributed by atoms with Crippen LogP contribution in [0.5, 0.6) is 5.75 Å². The molecule has 0 unspecified atom stereocenters. The first-order chi connectivity index (χ1) is 18.1. The molecule has 1 aliphatic heterocycles. The van der Waals surface area contributed by atoms with E-state index in [1.54, 1.807) is 6.33 Å². The Balaban J connectivity index is 1.48. The maximum Gasteiger partial charge on any atom is 0.214 e. The zero-order valence-corrected chi connectivity index (χ0v) is 22.2. The number of rotatable bonds is 6. The van der Waals surface area contributed by atoms with Gasteiger partial charge in [0.2, 0.25) is 5.78 Å². The van der Waals surface area contributed by atoms with E-state index in [9.17, 15) is 18.7 Å². The average molecular weight is 538 g/mol. The van der Waals surface area contributed by atoms with Gasteiger partial charge in [-0.15, -0.1) is 0 Å². The van der Waals surface area contributed by atoms with Crippen molar-refractivity contribution in [3.63, 3.8) is 0 Å². The van der Waals surface area contributed by atoms with Crippen LogP contribution in [0.25, 0.3) is 11.1 Å². The lowest BCUT2D eigenvalue weighted by atomic mass is 9.76. The highest BCUT2D eigenvalue weighted by Gasteiger charge is 2.31. The minimum Gasteiger partial charge on any atom is -0.491 e. The molecule has 5 rings (SSSR count). The number of hydrogen-bond donors (Lipinski definition) is 3. The lowest BCUT2D eigenvalue weighted by molar-refractivity contribution is -0.128. The van der Waals surface area contributed by atoms with Crippen LogP contribution < -0.4 is 15.4 Å². The Kier molecular flexibility index (Phi) is 6.84. The van der Waals surface area contributed by atoms with Gasteiger partial charge in [-0.1, -0.05) is 19.9 Å². The Labute approximate surface area is 222 Å². The average Bonchev–Trinajstić information content (AvgIpc) is 3.09. The molecule has 0 saturated carbocycles. The maximum atomic E-state index is 11.6. The number of carbonyl (C=O) groups is 2. The van der Waals surface area contributed by atoms with Crippen molar-refractivity contribution in [3.8, 4) is 16.9 Å². The monoisotopic (exact) mass is 537 g/mol. The molecule has 11 heteroatoms. The molecule has 2 aromatic heterocycles. The van der Waals surface area contributed by atoms with Crippen molar-refractivity contribution in [2.45, 2.75) is 44.6 Å². The smallest absolute Gasteiger partial charge is 0.214 e. The first-order valence-corrected chi connectivity index (χ1v) is 14.1. The van der Waals surface area contributed by atoms with Crippen molar-refractivity contribution < 1.29 is 23.4 Å². The quantitative estimate of drug-likeness (QED) is 0.312. The number of fused-ring (bicyclic) bond motifs is 2. The summed E-state index contributed by atoms with van der Waals surface area (Å²) in [7, 11) is -3.63. The number of hydrogen-bond acceptors (Lipinski definition) is 10. The highest BCUT2D eigenvalue weighted by atomic mass is 32.3. The van der Waals surface area contributed by atoms with Crippen molar-refractivity contribution in [1.82, 2.24) is 15.0 Å². The fourth-order valence-corrected chi connectivity index (χ4v) is 6.39. The van der Waals surface area contributed by atoms with Crippen molar-refractivity contribution in [1.29, 1.82) is 0 Å². The molecule has 1 aliphatic carbocycles. The first-order valence-electron chi connectivity index (χ1n) is 12.4. The Bertz CT molecular complexity index is 1410. The summed E-state index contributed by atoms with van der Waals surface area (Å²) in [6.45, 7) is 6.31. The normalized spacial score (nSPS) is 17.0. The standard InChI is InChI=1S/C27H31N5O5S/c1-27(2)6-5-22-21(11-27)26(31-16-30-22)32-7-8-37-23-4-3-17(9-19(23)13-32)18-10-24(25(28)29-12-18)38(35,36)15-20(34)14-33/h3-4,9-10,12,14,16,35-36H,5-8,11,13,15H2,1-2H3,(H2,28,29). The van der Waals surface area contributed by atoms with Crippen molar-refractivity contribution in [3.05, 3.63) is 53.6 Å². The molecule has 200 valence electrons. The number of anilines is 2. The van der Waals surface area contributed by atoms with Crippen LogP contribution >= 0.6 is 10.6 Å². The number of ether oxygens (including phenoxy) is 1. The second-order valence-corrected chi connectivity index (χ2v) is 12.6. The summed E-state index contributed by atoms with van der Waals surface area (Å²) in [4.78, 5) is 37.9. The summed E-state index contributed by atoms with van der Waals surface area (Å²) < 4.78 is 27.2. The van der Waals surface area contributed by atoms with Gasteiger partial charge in [-0.3, -0.25) is 18.7 Å². The van der Waals surface area contributed by atoms with Crippen LogP contribution in [0, 0.1) is 5.41 Å². The molecule has 4 N–H and O–H groups in total. The minimum absolute atomic E-state index is 0.0618. The largest absolute Gasteiger partial charge is 0.491 e. The van der Waals surface area contributed by atoms with Crippen molar-refractivity contribution in [2.24, 2.45) is 5.41 Å². The lowest BCUT2D eigenvalue weighted by Gasteiger charge is -2.33. The number of benzene rings is 1. The molecule has 3 aromatic rings. The van der Waals surface area contributed by atoms with E-state index in [1.165, 1.54) is 17.8 Å². The summed E-state index contributed by atoms with van der Waals surface area (Å²) in [5.74, 6) is -0.0572. The summed E-state index contributed by atoms with van der Waals surface area (Å²) in [5, 5.41) is 0. The lowest BCUT2D eigenvalue weighted by Crippen LogP contribution is -2.31. The number of nitrogens with two attached hydrogens (primary N) is 1. The van der Waals surface area contributed by atoms with Crippen LogP contribution in [0.15, 0.2) is 41.7 Å². The number of nitrogen functional groups attached to an aromatic ring is 1. The van der Waals surface area contributed by atoms with Crippen molar-refractivity contribution in [2.75, 3.05) is 29.5 Å². The number of nitrogens with zero attached hydrogens (tertiary/aromatic N) is 4. The van der Waals surface area contributed by atoms with Crippen molar-refractivity contribution >= 4 is 34.3 Å². The SMILES string of the molecule is CC1(C)CCc2ncnc(N3CCOc4ccc(-c5cnc(N)c(S(O)(O)CC(=O)C=O)c5)cc4C3)c2C1. The van der Waals surface area contributed by atoms with Gasteiger partial charge in [0.25, 0.3) is 0 Å². The Morgan fingerprint density at radius 2 is 2.03 bits per heavy atom. The molecule has 10 nitrogen and oxygen atoms in total. The molecule has 38 heavy (non-hydrogen) atoms. The van der Waals surface area contributed by atoms with E-state index in [1.807, 2.05) is 18.2 Å². The van der Waals surface area contributed by atoms with E-state index in [4.69, 9.17) is 10.5 Å². The van der Waals surface area contributed by atoms with Gasteiger partial charge >= 0.3 is 0 Å². The number of carbonyl (C=O) groups excluding carboxylic acids is 2. The summed E-state index contributed by atoms with van der Waals surface area (Å²) in [5.41, 5.74) is 10.7. The van der Waals surface area contributed by atoms with Crippen LogP contribution in [0.1, 0.15) is 37.1 Å². The summed E-state index contributed by atoms with van der Waals surface area (Å²) in [6, 6.07) is 7.24. The van der Waals surface area contributed by atoms with Gasteiger partial charge in [0.1, 0.15) is 41.0 Å². The molecule has 0 bridgehead atoms. The van der Waals surface area contributed by atoms with Gasteiger partial charge in [0, 0.05) is 35.1 Å². The van der Waals surface area contributed by atoms with Gasteiger partial charge in [-0.2, -0.15) is 10.6 Å². The molecular formula is C27H31N5O5S. The zero-order valence-electron chi connectivity index (χ0n) is 21.4. The number of aromatic nitrogens is 3. The highest BCUT2D eigenvalue weighted by molar-refractivity contribution is 8.25. The molecule has 1 aromatic carbocycles. The number of aryl methyl sites for hydroxylation is 1. The molecule has 0 radical (unpaired) electrons. The summed E-state index contributed by atoms with van der Waals surface area (Å²) in [6.07, 6.45) is 6.20. The second-order valence-electron chi connectivity index (χ2n) is 10.6. The number of ketones is 1. The van der Waals surface area contributed by atoms with Gasteiger partial charge in [0.05, 0.1) is 6.54 Å². The fraction of sp³-hybridized carbons (Fsp3) is 0.370. The number of Topliss-reactive ketones (excluding diaryl/α,β-unsaturated/α-hetero) is 1. The van der Waals surface area contributed by atoms with Gasteiger partial charge in [-0.25, -0.2) is 15.0 Å². The Hall–Kier alpha value is -3.54. The molecule has 0 atom stereocenters.